The van der Waals surface area contributed by atoms with Gasteiger partial charge in [-0.25, -0.2) is 0 Å². The maximum absolute atomic E-state index is 12.3. The summed E-state index contributed by atoms with van der Waals surface area (Å²) in [7, 11) is 1.66. The van der Waals surface area contributed by atoms with Gasteiger partial charge in [0.15, 0.2) is 0 Å². The predicted molar refractivity (Wildman–Crippen MR) is 99.7 cm³/mol. The van der Waals surface area contributed by atoms with Gasteiger partial charge in [0.2, 0.25) is 5.91 Å². The lowest BCUT2D eigenvalue weighted by atomic mass is 10.2. The smallest absolute Gasteiger partial charge is 0.234 e. The lowest BCUT2D eigenvalue weighted by Gasteiger charge is -2.27. The SMILES string of the molecule is COc1ccccc1CNC(=O)CN1CCCN(C2CCCC2)CC1. The van der Waals surface area contributed by atoms with Gasteiger partial charge in [-0.3, -0.25) is 14.6 Å². The quantitative estimate of drug-likeness (QED) is 0.859. The molecule has 1 amide bonds. The van der Waals surface area contributed by atoms with Crippen LogP contribution in [0.15, 0.2) is 24.3 Å². The highest BCUT2D eigenvalue weighted by Gasteiger charge is 2.25. The number of nitrogens with zero attached hydrogens (tertiary/aromatic N) is 2. The highest BCUT2D eigenvalue weighted by atomic mass is 16.5. The van der Waals surface area contributed by atoms with Crippen LogP contribution in [-0.4, -0.2) is 61.6 Å². The molecule has 2 aliphatic rings. The van der Waals surface area contributed by atoms with Crippen LogP contribution in [0.5, 0.6) is 5.75 Å². The van der Waals surface area contributed by atoms with E-state index in [1.54, 1.807) is 7.11 Å². The summed E-state index contributed by atoms with van der Waals surface area (Å²) in [6.45, 7) is 5.32. The molecule has 1 N–H and O–H groups in total. The highest BCUT2D eigenvalue weighted by Crippen LogP contribution is 2.24. The second-order valence-corrected chi connectivity index (χ2v) is 7.19. The van der Waals surface area contributed by atoms with Crippen molar-refractivity contribution in [3.63, 3.8) is 0 Å². The average Bonchev–Trinajstić information content (AvgIpc) is 3.08. The number of benzene rings is 1. The summed E-state index contributed by atoms with van der Waals surface area (Å²) in [6.07, 6.45) is 6.65. The van der Waals surface area contributed by atoms with Crippen LogP contribution in [0.3, 0.4) is 0 Å². The molecule has 3 rings (SSSR count). The Bertz CT molecular complexity index is 558. The summed E-state index contributed by atoms with van der Waals surface area (Å²) in [5.74, 6) is 0.921. The van der Waals surface area contributed by atoms with Crippen LogP contribution in [-0.2, 0) is 11.3 Å². The third kappa shape index (κ3) is 5.19. The summed E-state index contributed by atoms with van der Waals surface area (Å²) in [6, 6.07) is 8.62. The Hall–Kier alpha value is -1.59. The van der Waals surface area contributed by atoms with Crippen LogP contribution in [0.2, 0.25) is 0 Å². The number of amides is 1. The summed E-state index contributed by atoms with van der Waals surface area (Å²) in [4.78, 5) is 17.3. The predicted octanol–water partition coefficient (Wildman–Crippen LogP) is 2.26. The molecular formula is C20H31N3O2. The van der Waals surface area contributed by atoms with Crippen LogP contribution >= 0.6 is 0 Å². The zero-order chi connectivity index (χ0) is 17.5. The molecule has 1 aliphatic carbocycles. The van der Waals surface area contributed by atoms with Crippen LogP contribution in [0.4, 0.5) is 0 Å². The molecule has 0 atom stereocenters. The highest BCUT2D eigenvalue weighted by molar-refractivity contribution is 5.78. The Morgan fingerprint density at radius 1 is 1.12 bits per heavy atom. The van der Waals surface area contributed by atoms with E-state index in [-0.39, 0.29) is 5.91 Å². The van der Waals surface area contributed by atoms with Crippen molar-refractivity contribution in [1.82, 2.24) is 15.1 Å². The van der Waals surface area contributed by atoms with E-state index in [0.717, 1.165) is 43.4 Å². The summed E-state index contributed by atoms with van der Waals surface area (Å²) in [5.41, 5.74) is 1.02. The number of carbonyl (C=O) groups is 1. The Balaban J connectivity index is 1.43. The topological polar surface area (TPSA) is 44.8 Å². The van der Waals surface area contributed by atoms with Gasteiger partial charge in [0.25, 0.3) is 0 Å². The first-order valence-electron chi connectivity index (χ1n) is 9.61. The number of methoxy groups -OCH3 is 1. The molecule has 0 aromatic heterocycles. The van der Waals surface area contributed by atoms with Gasteiger partial charge < -0.3 is 10.1 Å². The number of rotatable bonds is 6. The second-order valence-electron chi connectivity index (χ2n) is 7.19. The van der Waals surface area contributed by atoms with E-state index in [9.17, 15) is 4.79 Å². The van der Waals surface area contributed by atoms with Crippen molar-refractivity contribution in [1.29, 1.82) is 0 Å². The fourth-order valence-corrected chi connectivity index (χ4v) is 4.09. The zero-order valence-electron chi connectivity index (χ0n) is 15.4. The molecule has 138 valence electrons. The number of nitrogens with one attached hydrogen (secondary N) is 1. The third-order valence-electron chi connectivity index (χ3n) is 5.50. The van der Waals surface area contributed by atoms with Gasteiger partial charge in [0.05, 0.1) is 13.7 Å². The van der Waals surface area contributed by atoms with Gasteiger partial charge in [-0.1, -0.05) is 31.0 Å². The number of para-hydroxylation sites is 1. The maximum atomic E-state index is 12.3. The fourth-order valence-electron chi connectivity index (χ4n) is 4.09. The van der Waals surface area contributed by atoms with E-state index in [1.165, 1.54) is 32.2 Å². The number of hydrogen-bond acceptors (Lipinski definition) is 4. The first-order valence-corrected chi connectivity index (χ1v) is 9.61. The van der Waals surface area contributed by atoms with E-state index in [0.29, 0.717) is 13.1 Å². The number of hydrogen-bond donors (Lipinski definition) is 1. The number of ether oxygens (including phenoxy) is 1. The standard InChI is InChI=1S/C20H31N3O2/c1-25-19-10-5-2-7-17(19)15-21-20(24)16-22-11-6-12-23(14-13-22)18-8-3-4-9-18/h2,5,7,10,18H,3-4,6,8-9,11-16H2,1H3,(H,21,24). The van der Waals surface area contributed by atoms with Crippen molar-refractivity contribution in [2.45, 2.75) is 44.7 Å². The molecule has 5 heteroatoms. The minimum atomic E-state index is 0.0974. The number of carbonyl (C=O) groups excluding carboxylic acids is 1. The lowest BCUT2D eigenvalue weighted by molar-refractivity contribution is -0.122. The molecule has 1 heterocycles. The van der Waals surface area contributed by atoms with E-state index in [1.807, 2.05) is 24.3 Å². The van der Waals surface area contributed by atoms with Crippen molar-refractivity contribution in [2.75, 3.05) is 39.8 Å². The van der Waals surface area contributed by atoms with Crippen LogP contribution in [0.25, 0.3) is 0 Å². The monoisotopic (exact) mass is 345 g/mol. The normalized spacial score (nSPS) is 20.4. The third-order valence-corrected chi connectivity index (χ3v) is 5.50. The average molecular weight is 345 g/mol. The molecular weight excluding hydrogens is 314 g/mol. The Labute approximate surface area is 151 Å². The molecule has 1 saturated heterocycles. The first kappa shape index (κ1) is 18.2. The molecule has 0 spiro atoms. The van der Waals surface area contributed by atoms with Crippen molar-refractivity contribution < 1.29 is 9.53 Å². The second kappa shape index (κ2) is 9.20. The van der Waals surface area contributed by atoms with Gasteiger partial charge in [0, 0.05) is 31.2 Å². The Kier molecular flexibility index (Phi) is 6.70. The van der Waals surface area contributed by atoms with Crippen molar-refractivity contribution in [3.05, 3.63) is 29.8 Å². The molecule has 2 fully saturated rings. The molecule has 0 bridgehead atoms. The van der Waals surface area contributed by atoms with Crippen LogP contribution in [0.1, 0.15) is 37.7 Å². The molecule has 0 unspecified atom stereocenters. The van der Waals surface area contributed by atoms with Crippen molar-refractivity contribution in [3.8, 4) is 5.75 Å². The maximum Gasteiger partial charge on any atom is 0.234 e. The van der Waals surface area contributed by atoms with Crippen molar-refractivity contribution in [2.24, 2.45) is 0 Å². The van der Waals surface area contributed by atoms with Gasteiger partial charge in [-0.15, -0.1) is 0 Å². The summed E-state index contributed by atoms with van der Waals surface area (Å²) in [5, 5.41) is 3.03. The van der Waals surface area contributed by atoms with Gasteiger partial charge >= 0.3 is 0 Å². The van der Waals surface area contributed by atoms with Gasteiger partial charge in [0.1, 0.15) is 5.75 Å². The van der Waals surface area contributed by atoms with Crippen LogP contribution in [0, 0.1) is 0 Å². The van der Waals surface area contributed by atoms with E-state index in [4.69, 9.17) is 4.74 Å². The first-order chi connectivity index (χ1) is 12.3. The van der Waals surface area contributed by atoms with E-state index >= 15 is 0 Å². The molecule has 1 aromatic carbocycles. The fraction of sp³-hybridized carbons (Fsp3) is 0.650. The molecule has 1 saturated carbocycles. The Morgan fingerprint density at radius 3 is 2.72 bits per heavy atom. The van der Waals surface area contributed by atoms with Crippen molar-refractivity contribution >= 4 is 5.91 Å². The molecule has 0 radical (unpaired) electrons. The molecule has 25 heavy (non-hydrogen) atoms. The zero-order valence-corrected chi connectivity index (χ0v) is 15.4. The summed E-state index contributed by atoms with van der Waals surface area (Å²) >= 11 is 0. The van der Waals surface area contributed by atoms with Gasteiger partial charge in [-0.05, 0) is 38.4 Å². The minimum absolute atomic E-state index is 0.0974. The van der Waals surface area contributed by atoms with Crippen LogP contribution < -0.4 is 10.1 Å². The van der Waals surface area contributed by atoms with E-state index < -0.39 is 0 Å². The Morgan fingerprint density at radius 2 is 1.92 bits per heavy atom. The molecule has 1 aromatic rings. The molecule has 5 nitrogen and oxygen atoms in total. The molecule has 1 aliphatic heterocycles. The van der Waals surface area contributed by atoms with Gasteiger partial charge in [-0.2, -0.15) is 0 Å². The van der Waals surface area contributed by atoms with E-state index in [2.05, 4.69) is 15.1 Å². The largest absolute Gasteiger partial charge is 0.496 e. The summed E-state index contributed by atoms with van der Waals surface area (Å²) < 4.78 is 5.34. The lowest BCUT2D eigenvalue weighted by Crippen LogP contribution is -2.40. The minimum Gasteiger partial charge on any atom is -0.496 e.